The monoisotopic (exact) mass is 263 g/mol. The molecule has 1 N–H and O–H groups in total. The normalized spacial score (nSPS) is 12.4. The van der Waals surface area contributed by atoms with Crippen LogP contribution >= 0.6 is 0 Å². The van der Waals surface area contributed by atoms with Crippen molar-refractivity contribution in [3.05, 3.63) is 53.7 Å². The maximum atomic E-state index is 13.9. The Hall–Kier alpha value is -1.81. The van der Waals surface area contributed by atoms with Crippen molar-refractivity contribution < 1.29 is 13.9 Å². The maximum Gasteiger partial charge on any atom is 0.131 e. The van der Waals surface area contributed by atoms with Crippen molar-refractivity contribution >= 4 is 5.69 Å². The van der Waals surface area contributed by atoms with Crippen LogP contribution in [0.25, 0.3) is 0 Å². The fourth-order valence-electron chi connectivity index (χ4n) is 2.17. The van der Waals surface area contributed by atoms with Crippen LogP contribution in [0.15, 0.2) is 41.0 Å². The Bertz CT molecular complexity index is 523. The highest BCUT2D eigenvalue weighted by molar-refractivity contribution is 5.55. The first-order valence-electron chi connectivity index (χ1n) is 6.37. The minimum atomic E-state index is -0.846. The minimum absolute atomic E-state index is 0.330. The van der Waals surface area contributed by atoms with E-state index in [2.05, 4.69) is 0 Å². The summed E-state index contributed by atoms with van der Waals surface area (Å²) in [5.74, 6) is 0.424. The van der Waals surface area contributed by atoms with Gasteiger partial charge in [-0.05, 0) is 38.1 Å². The standard InChI is InChI=1S/C15H18FNO2/c1-3-17(10-12-6-5-9-19-12)14-8-4-7-13(16)15(14)11(2)18/h4-9,11,18H,3,10H2,1-2H3/t11-/m1/s1. The molecule has 1 aromatic carbocycles. The molecule has 102 valence electrons. The van der Waals surface area contributed by atoms with E-state index in [9.17, 15) is 9.50 Å². The average Bonchev–Trinajstić information content (AvgIpc) is 2.88. The SMILES string of the molecule is CCN(Cc1ccco1)c1cccc(F)c1[C@@H](C)O. The van der Waals surface area contributed by atoms with Gasteiger partial charge in [-0.25, -0.2) is 4.39 Å². The Morgan fingerprint density at radius 3 is 2.68 bits per heavy atom. The van der Waals surface area contributed by atoms with Crippen LogP contribution in [0.3, 0.4) is 0 Å². The number of benzene rings is 1. The van der Waals surface area contributed by atoms with Gasteiger partial charge in [-0.3, -0.25) is 0 Å². The molecule has 0 radical (unpaired) electrons. The van der Waals surface area contributed by atoms with E-state index in [1.807, 2.05) is 30.0 Å². The predicted molar refractivity (Wildman–Crippen MR) is 72.5 cm³/mol. The number of aliphatic hydroxyl groups is 1. The number of halogens is 1. The van der Waals surface area contributed by atoms with E-state index in [1.54, 1.807) is 19.3 Å². The molecule has 0 aliphatic carbocycles. The number of anilines is 1. The molecule has 2 rings (SSSR count). The van der Waals surface area contributed by atoms with Gasteiger partial charge >= 0.3 is 0 Å². The number of nitrogens with zero attached hydrogens (tertiary/aromatic N) is 1. The van der Waals surface area contributed by atoms with E-state index >= 15 is 0 Å². The zero-order chi connectivity index (χ0) is 13.8. The molecule has 3 nitrogen and oxygen atoms in total. The molecule has 0 unspecified atom stereocenters. The Kier molecular flexibility index (Phi) is 4.22. The molecule has 0 aliphatic rings. The average molecular weight is 263 g/mol. The lowest BCUT2D eigenvalue weighted by molar-refractivity contribution is 0.194. The highest BCUT2D eigenvalue weighted by Gasteiger charge is 2.18. The number of rotatable bonds is 5. The first-order valence-corrected chi connectivity index (χ1v) is 6.37. The summed E-state index contributed by atoms with van der Waals surface area (Å²) in [6, 6.07) is 8.54. The van der Waals surface area contributed by atoms with Crippen LogP contribution in [-0.4, -0.2) is 11.7 Å². The van der Waals surface area contributed by atoms with Crippen molar-refractivity contribution in [2.45, 2.75) is 26.5 Å². The van der Waals surface area contributed by atoms with Gasteiger partial charge in [0, 0.05) is 17.8 Å². The summed E-state index contributed by atoms with van der Waals surface area (Å²) in [6.45, 7) is 4.80. The van der Waals surface area contributed by atoms with Gasteiger partial charge in [-0.2, -0.15) is 0 Å². The van der Waals surface area contributed by atoms with Gasteiger partial charge in [0.15, 0.2) is 0 Å². The van der Waals surface area contributed by atoms with Crippen molar-refractivity contribution in [3.63, 3.8) is 0 Å². The third kappa shape index (κ3) is 2.96. The summed E-state index contributed by atoms with van der Waals surface area (Å²) in [5.41, 5.74) is 1.03. The van der Waals surface area contributed by atoms with E-state index in [0.29, 0.717) is 24.3 Å². The van der Waals surface area contributed by atoms with Gasteiger partial charge in [-0.1, -0.05) is 6.07 Å². The molecular weight excluding hydrogens is 245 g/mol. The Morgan fingerprint density at radius 2 is 2.11 bits per heavy atom. The van der Waals surface area contributed by atoms with Crippen LogP contribution in [0.2, 0.25) is 0 Å². The third-order valence-electron chi connectivity index (χ3n) is 3.10. The Balaban J connectivity index is 2.35. The molecule has 19 heavy (non-hydrogen) atoms. The molecule has 4 heteroatoms. The first-order chi connectivity index (χ1) is 9.13. The zero-order valence-electron chi connectivity index (χ0n) is 11.1. The van der Waals surface area contributed by atoms with Crippen molar-refractivity contribution in [2.75, 3.05) is 11.4 Å². The summed E-state index contributed by atoms with van der Waals surface area (Å²) < 4.78 is 19.2. The highest BCUT2D eigenvalue weighted by atomic mass is 19.1. The second-order valence-electron chi connectivity index (χ2n) is 4.44. The summed E-state index contributed by atoms with van der Waals surface area (Å²) in [5, 5.41) is 9.77. The molecule has 2 aromatic rings. The molecular formula is C15H18FNO2. The van der Waals surface area contributed by atoms with Gasteiger partial charge < -0.3 is 14.4 Å². The molecule has 0 amide bonds. The lowest BCUT2D eigenvalue weighted by Crippen LogP contribution is -2.24. The topological polar surface area (TPSA) is 36.6 Å². The van der Waals surface area contributed by atoms with Gasteiger partial charge in [-0.15, -0.1) is 0 Å². The van der Waals surface area contributed by atoms with Crippen LogP contribution in [-0.2, 0) is 6.54 Å². The third-order valence-corrected chi connectivity index (χ3v) is 3.10. The van der Waals surface area contributed by atoms with Gasteiger partial charge in [0.25, 0.3) is 0 Å². The minimum Gasteiger partial charge on any atom is -0.467 e. The van der Waals surface area contributed by atoms with Crippen molar-refractivity contribution in [3.8, 4) is 0 Å². The largest absolute Gasteiger partial charge is 0.467 e. The first kappa shape index (κ1) is 13.6. The molecule has 0 bridgehead atoms. The van der Waals surface area contributed by atoms with Gasteiger partial charge in [0.05, 0.1) is 18.9 Å². The van der Waals surface area contributed by atoms with Crippen molar-refractivity contribution in [1.29, 1.82) is 0 Å². The zero-order valence-corrected chi connectivity index (χ0v) is 11.1. The highest BCUT2D eigenvalue weighted by Crippen LogP contribution is 2.29. The van der Waals surface area contributed by atoms with Crippen molar-refractivity contribution in [2.24, 2.45) is 0 Å². The van der Waals surface area contributed by atoms with E-state index in [0.717, 1.165) is 5.76 Å². The number of furan rings is 1. The fraction of sp³-hybridized carbons (Fsp3) is 0.333. The Morgan fingerprint density at radius 1 is 1.32 bits per heavy atom. The molecule has 0 saturated heterocycles. The number of hydrogen-bond acceptors (Lipinski definition) is 3. The Labute approximate surface area is 112 Å². The molecule has 1 atom stereocenters. The fourth-order valence-corrected chi connectivity index (χ4v) is 2.17. The summed E-state index contributed by atoms with van der Waals surface area (Å²) >= 11 is 0. The van der Waals surface area contributed by atoms with E-state index < -0.39 is 6.10 Å². The summed E-state index contributed by atoms with van der Waals surface area (Å²) in [7, 11) is 0. The molecule has 0 fully saturated rings. The quantitative estimate of drug-likeness (QED) is 0.897. The van der Waals surface area contributed by atoms with Crippen molar-refractivity contribution in [1.82, 2.24) is 0 Å². The molecule has 0 aliphatic heterocycles. The van der Waals surface area contributed by atoms with Crippen LogP contribution in [0.1, 0.15) is 31.3 Å². The lowest BCUT2D eigenvalue weighted by Gasteiger charge is -2.26. The van der Waals surface area contributed by atoms with Crippen LogP contribution in [0.5, 0.6) is 0 Å². The van der Waals surface area contributed by atoms with Gasteiger partial charge in [0.1, 0.15) is 11.6 Å². The molecule has 1 aromatic heterocycles. The second-order valence-corrected chi connectivity index (χ2v) is 4.44. The number of aliphatic hydroxyl groups excluding tert-OH is 1. The second kappa shape index (κ2) is 5.89. The van der Waals surface area contributed by atoms with Crippen LogP contribution in [0.4, 0.5) is 10.1 Å². The number of hydrogen-bond donors (Lipinski definition) is 1. The predicted octanol–water partition coefficient (Wildman–Crippen LogP) is 3.50. The smallest absolute Gasteiger partial charge is 0.131 e. The van der Waals surface area contributed by atoms with E-state index in [1.165, 1.54) is 6.07 Å². The molecule has 0 saturated carbocycles. The maximum absolute atomic E-state index is 13.9. The van der Waals surface area contributed by atoms with Gasteiger partial charge in [0.2, 0.25) is 0 Å². The summed E-state index contributed by atoms with van der Waals surface area (Å²) in [6.07, 6.45) is 0.770. The summed E-state index contributed by atoms with van der Waals surface area (Å²) in [4.78, 5) is 1.98. The van der Waals surface area contributed by atoms with Crippen LogP contribution in [0, 0.1) is 5.82 Å². The lowest BCUT2D eigenvalue weighted by atomic mass is 10.1. The molecule has 1 heterocycles. The molecule has 0 spiro atoms. The van der Waals surface area contributed by atoms with Crippen LogP contribution < -0.4 is 4.90 Å². The van der Waals surface area contributed by atoms with E-state index in [-0.39, 0.29) is 5.82 Å². The van der Waals surface area contributed by atoms with E-state index in [4.69, 9.17) is 4.42 Å².